The van der Waals surface area contributed by atoms with Gasteiger partial charge >= 0.3 is 11.9 Å². The van der Waals surface area contributed by atoms with Gasteiger partial charge in [0.15, 0.2) is 0 Å². The number of nitrogens with one attached hydrogen (secondary N) is 1. The van der Waals surface area contributed by atoms with Crippen molar-refractivity contribution in [3.05, 3.63) is 57.4 Å². The molecule has 0 fully saturated rings. The van der Waals surface area contributed by atoms with Gasteiger partial charge < -0.3 is 15.2 Å². The molecule has 1 atom stereocenters. The zero-order valence-electron chi connectivity index (χ0n) is 14.0. The van der Waals surface area contributed by atoms with E-state index in [1.165, 1.54) is 0 Å². The van der Waals surface area contributed by atoms with Crippen LogP contribution in [0.15, 0.2) is 46.8 Å². The number of ether oxygens (including phenoxy) is 1. The Morgan fingerprint density at radius 3 is 2.29 bits per heavy atom. The van der Waals surface area contributed by atoms with Gasteiger partial charge in [-0.25, -0.2) is 9.59 Å². The van der Waals surface area contributed by atoms with Crippen LogP contribution in [0.25, 0.3) is 0 Å². The van der Waals surface area contributed by atoms with Gasteiger partial charge in [0, 0.05) is 16.4 Å². The van der Waals surface area contributed by atoms with Crippen molar-refractivity contribution >= 4 is 23.5 Å². The summed E-state index contributed by atoms with van der Waals surface area (Å²) in [7, 11) is 0. The number of hydrogen-bond donors (Lipinski definition) is 2. The normalized spacial score (nSPS) is 17.8. The van der Waals surface area contributed by atoms with Crippen LogP contribution in [0.4, 0.5) is 0 Å². The van der Waals surface area contributed by atoms with Gasteiger partial charge in [-0.2, -0.15) is 0 Å². The lowest BCUT2D eigenvalue weighted by molar-refractivity contribution is -0.143. The van der Waals surface area contributed by atoms with Crippen LogP contribution < -0.4 is 5.32 Å². The number of allylic oxidation sites excluding steroid dienone is 2. The number of dihydropyridines is 1. The average molecular weight is 350 g/mol. The van der Waals surface area contributed by atoms with Gasteiger partial charge in [-0.1, -0.05) is 29.8 Å². The first kappa shape index (κ1) is 18.1. The SMILES string of the molecule is CC1=C(C(=O)O)C(c2ccccc2Cl)C(C(=O)OC(C)C)=C(C)N1. The summed E-state index contributed by atoms with van der Waals surface area (Å²) < 4.78 is 5.32. The smallest absolute Gasteiger partial charge is 0.337 e. The number of carbonyl (C=O) groups is 2. The van der Waals surface area contributed by atoms with E-state index in [0.29, 0.717) is 22.0 Å². The van der Waals surface area contributed by atoms with E-state index >= 15 is 0 Å². The molecule has 0 aromatic heterocycles. The summed E-state index contributed by atoms with van der Waals surface area (Å²) in [5.74, 6) is -2.44. The third kappa shape index (κ3) is 3.46. The van der Waals surface area contributed by atoms with Crippen molar-refractivity contribution in [2.24, 2.45) is 0 Å². The summed E-state index contributed by atoms with van der Waals surface area (Å²) in [6, 6.07) is 6.92. The maximum absolute atomic E-state index is 12.6. The molecule has 0 bridgehead atoms. The Hall–Kier alpha value is -2.27. The van der Waals surface area contributed by atoms with Crippen molar-refractivity contribution in [3.8, 4) is 0 Å². The molecule has 0 saturated carbocycles. The summed E-state index contributed by atoms with van der Waals surface area (Å²) in [4.78, 5) is 24.5. The van der Waals surface area contributed by atoms with Crippen LogP contribution in [0.1, 0.15) is 39.2 Å². The molecule has 1 aliphatic rings. The number of rotatable bonds is 4. The molecule has 24 heavy (non-hydrogen) atoms. The molecule has 1 aliphatic heterocycles. The Kier molecular flexibility index (Phi) is 5.34. The van der Waals surface area contributed by atoms with Crippen molar-refractivity contribution < 1.29 is 19.4 Å². The number of carbonyl (C=O) groups excluding carboxylic acids is 1. The van der Waals surface area contributed by atoms with Gasteiger partial charge in [-0.3, -0.25) is 0 Å². The van der Waals surface area contributed by atoms with Crippen molar-refractivity contribution in [1.29, 1.82) is 0 Å². The number of carboxylic acid groups (broad SMARTS) is 1. The van der Waals surface area contributed by atoms with Gasteiger partial charge in [0.25, 0.3) is 0 Å². The zero-order chi connectivity index (χ0) is 18.0. The molecule has 0 spiro atoms. The fraction of sp³-hybridized carbons (Fsp3) is 0.333. The lowest BCUT2D eigenvalue weighted by Crippen LogP contribution is -2.32. The first-order chi connectivity index (χ1) is 11.2. The van der Waals surface area contributed by atoms with Gasteiger partial charge in [-0.05, 0) is 39.3 Å². The predicted molar refractivity (Wildman–Crippen MR) is 91.6 cm³/mol. The molecule has 0 saturated heterocycles. The standard InChI is InChI=1S/C18H20ClNO4/c1-9(2)24-18(23)15-11(4)20-10(3)14(17(21)22)16(15)12-7-5-6-8-13(12)19/h5-9,16,20H,1-4H3,(H,21,22). The van der Waals surface area contributed by atoms with E-state index in [2.05, 4.69) is 5.32 Å². The third-order valence-electron chi connectivity index (χ3n) is 3.77. The van der Waals surface area contributed by atoms with Gasteiger partial charge in [0.1, 0.15) is 0 Å². The molecule has 0 aliphatic carbocycles. The number of halogens is 1. The van der Waals surface area contributed by atoms with Gasteiger partial charge in [-0.15, -0.1) is 0 Å². The van der Waals surface area contributed by atoms with Crippen molar-refractivity contribution in [2.45, 2.75) is 39.7 Å². The Balaban J connectivity index is 2.67. The maximum atomic E-state index is 12.6. The fourth-order valence-electron chi connectivity index (χ4n) is 2.85. The minimum atomic E-state index is -1.10. The molecule has 0 radical (unpaired) electrons. The van der Waals surface area contributed by atoms with E-state index in [1.807, 2.05) is 0 Å². The molecular formula is C18H20ClNO4. The molecule has 1 unspecified atom stereocenters. The molecule has 128 valence electrons. The second-order valence-corrected chi connectivity index (χ2v) is 6.32. The van der Waals surface area contributed by atoms with Crippen LogP contribution >= 0.6 is 11.6 Å². The quantitative estimate of drug-likeness (QED) is 0.812. The second-order valence-electron chi connectivity index (χ2n) is 5.92. The number of esters is 1. The van der Waals surface area contributed by atoms with Crippen molar-refractivity contribution in [1.82, 2.24) is 5.32 Å². The number of hydrogen-bond acceptors (Lipinski definition) is 4. The molecule has 2 N–H and O–H groups in total. The third-order valence-corrected chi connectivity index (χ3v) is 4.11. The summed E-state index contributed by atoms with van der Waals surface area (Å²) >= 11 is 6.29. The van der Waals surface area contributed by atoms with E-state index in [4.69, 9.17) is 16.3 Å². The topological polar surface area (TPSA) is 75.6 Å². The molecule has 1 aromatic rings. The maximum Gasteiger partial charge on any atom is 0.337 e. The molecule has 2 rings (SSSR count). The Bertz CT molecular complexity index is 749. The average Bonchev–Trinajstić information content (AvgIpc) is 2.45. The highest BCUT2D eigenvalue weighted by atomic mass is 35.5. The molecule has 1 heterocycles. The highest BCUT2D eigenvalue weighted by molar-refractivity contribution is 6.31. The first-order valence-corrected chi connectivity index (χ1v) is 7.99. The lowest BCUT2D eigenvalue weighted by atomic mass is 9.80. The number of carboxylic acids is 1. The number of aliphatic carboxylic acids is 1. The summed E-state index contributed by atoms with van der Waals surface area (Å²) in [6.45, 7) is 6.88. The molecule has 1 aromatic carbocycles. The van der Waals surface area contributed by atoms with E-state index < -0.39 is 17.9 Å². The highest BCUT2D eigenvalue weighted by Gasteiger charge is 2.38. The van der Waals surface area contributed by atoms with Crippen LogP contribution in [-0.4, -0.2) is 23.1 Å². The summed E-state index contributed by atoms with van der Waals surface area (Å²) in [5, 5.41) is 13.1. The largest absolute Gasteiger partial charge is 0.478 e. The Morgan fingerprint density at radius 1 is 1.17 bits per heavy atom. The minimum Gasteiger partial charge on any atom is -0.478 e. The Labute approximate surface area is 146 Å². The van der Waals surface area contributed by atoms with E-state index in [9.17, 15) is 14.7 Å². The number of benzene rings is 1. The highest BCUT2D eigenvalue weighted by Crippen LogP contribution is 2.41. The monoisotopic (exact) mass is 349 g/mol. The first-order valence-electron chi connectivity index (χ1n) is 7.61. The second kappa shape index (κ2) is 7.09. The van der Waals surface area contributed by atoms with Crippen LogP contribution in [0.3, 0.4) is 0 Å². The van der Waals surface area contributed by atoms with Gasteiger partial charge in [0.05, 0.1) is 23.2 Å². The van der Waals surface area contributed by atoms with Gasteiger partial charge in [0.2, 0.25) is 0 Å². The van der Waals surface area contributed by atoms with Crippen LogP contribution in [0, 0.1) is 0 Å². The van der Waals surface area contributed by atoms with Crippen molar-refractivity contribution in [3.63, 3.8) is 0 Å². The molecule has 0 amide bonds. The molecular weight excluding hydrogens is 330 g/mol. The minimum absolute atomic E-state index is 0.0874. The van der Waals surface area contributed by atoms with Crippen LogP contribution in [0.5, 0.6) is 0 Å². The fourth-order valence-corrected chi connectivity index (χ4v) is 3.09. The van der Waals surface area contributed by atoms with Crippen LogP contribution in [-0.2, 0) is 14.3 Å². The molecule has 5 nitrogen and oxygen atoms in total. The van der Waals surface area contributed by atoms with Crippen LogP contribution in [0.2, 0.25) is 5.02 Å². The van der Waals surface area contributed by atoms with E-state index in [1.54, 1.807) is 52.0 Å². The zero-order valence-corrected chi connectivity index (χ0v) is 14.8. The Morgan fingerprint density at radius 2 is 1.75 bits per heavy atom. The summed E-state index contributed by atoms with van der Waals surface area (Å²) in [5.41, 5.74) is 1.95. The van der Waals surface area contributed by atoms with Crippen molar-refractivity contribution in [2.75, 3.05) is 0 Å². The van der Waals surface area contributed by atoms with E-state index in [-0.39, 0.29) is 17.3 Å². The predicted octanol–water partition coefficient (Wildman–Crippen LogP) is 3.61. The summed E-state index contributed by atoms with van der Waals surface area (Å²) in [6.07, 6.45) is -0.315. The lowest BCUT2D eigenvalue weighted by Gasteiger charge is -2.30. The van der Waals surface area contributed by atoms with E-state index in [0.717, 1.165) is 0 Å². The molecule has 6 heteroatoms.